The summed E-state index contributed by atoms with van der Waals surface area (Å²) in [5.74, 6) is 1.16. The molecule has 1 aromatic heterocycles. The molecule has 0 saturated heterocycles. The van der Waals surface area contributed by atoms with Crippen molar-refractivity contribution in [1.29, 1.82) is 0 Å². The summed E-state index contributed by atoms with van der Waals surface area (Å²) in [5.41, 5.74) is 3.46. The average Bonchev–Trinajstić information content (AvgIpc) is 3.27. The molecule has 1 aliphatic rings. The fourth-order valence-electron chi connectivity index (χ4n) is 5.21. The van der Waals surface area contributed by atoms with E-state index in [2.05, 4.69) is 18.7 Å². The molecule has 0 unspecified atom stereocenters. The summed E-state index contributed by atoms with van der Waals surface area (Å²) in [7, 11) is 3.23. The molecule has 40 heavy (non-hydrogen) atoms. The van der Waals surface area contributed by atoms with Gasteiger partial charge in [-0.15, -0.1) is 0 Å². The van der Waals surface area contributed by atoms with E-state index in [1.165, 1.54) is 11.3 Å². The van der Waals surface area contributed by atoms with E-state index in [0.717, 1.165) is 29.9 Å². The number of nitrogens with zero attached hydrogens (tertiary/aromatic N) is 4. The molecule has 0 aliphatic carbocycles. The zero-order chi connectivity index (χ0) is 29.0. The summed E-state index contributed by atoms with van der Waals surface area (Å²) in [6.45, 7) is 12.8. The molecule has 0 bridgehead atoms. The Bertz CT molecular complexity index is 1600. The molecule has 0 radical (unpaired) electrons. The standard InChI is InChI=1S/C31H38N4O4S/c1-8-33(9-2)22-17-16-21(25(19-22)39-7)18-26-29(36)35-28(23-14-12-13-15-24(23)38-6)27(20(5)32-31(35)40-26)30(37)34(10-3)11-4/h12-19,28H,8-11H2,1-7H3/b26-18+/t28-/m0/s1. The molecule has 0 saturated carbocycles. The number of rotatable bonds is 10. The van der Waals surface area contributed by atoms with Crippen molar-refractivity contribution < 1.29 is 14.3 Å². The Morgan fingerprint density at radius 3 is 2.30 bits per heavy atom. The fourth-order valence-corrected chi connectivity index (χ4v) is 6.25. The zero-order valence-corrected chi connectivity index (χ0v) is 25.2. The second-order valence-corrected chi connectivity index (χ2v) is 10.4. The Hall–Kier alpha value is -3.85. The van der Waals surface area contributed by atoms with Gasteiger partial charge in [0, 0.05) is 49.1 Å². The molecule has 0 N–H and O–H groups in total. The first-order valence-corrected chi connectivity index (χ1v) is 14.5. The van der Waals surface area contributed by atoms with E-state index in [-0.39, 0.29) is 11.5 Å². The Kier molecular flexibility index (Phi) is 9.14. The summed E-state index contributed by atoms with van der Waals surface area (Å²) >= 11 is 1.31. The van der Waals surface area contributed by atoms with E-state index < -0.39 is 6.04 Å². The maximum absolute atomic E-state index is 14.1. The van der Waals surface area contributed by atoms with Crippen LogP contribution in [-0.4, -0.2) is 55.8 Å². The Morgan fingerprint density at radius 1 is 1.00 bits per heavy atom. The molecule has 2 aromatic carbocycles. The van der Waals surface area contributed by atoms with Crippen LogP contribution < -0.4 is 29.3 Å². The van der Waals surface area contributed by atoms with Crippen molar-refractivity contribution in [3.63, 3.8) is 0 Å². The first-order chi connectivity index (χ1) is 19.3. The van der Waals surface area contributed by atoms with Crippen molar-refractivity contribution in [2.75, 3.05) is 45.3 Å². The van der Waals surface area contributed by atoms with Gasteiger partial charge in [0.15, 0.2) is 4.80 Å². The molecule has 1 aliphatic heterocycles. The van der Waals surface area contributed by atoms with Crippen molar-refractivity contribution in [2.24, 2.45) is 4.99 Å². The minimum Gasteiger partial charge on any atom is -0.496 e. The van der Waals surface area contributed by atoms with Crippen LogP contribution in [0.15, 0.2) is 63.5 Å². The largest absolute Gasteiger partial charge is 0.496 e. The van der Waals surface area contributed by atoms with Crippen LogP contribution in [0.4, 0.5) is 5.69 Å². The number of allylic oxidation sites excluding steroid dienone is 1. The third kappa shape index (κ3) is 5.30. The van der Waals surface area contributed by atoms with Crippen LogP contribution in [-0.2, 0) is 4.79 Å². The SMILES string of the molecule is CCN(CC)C(=O)C1=C(C)N=c2s/c(=C/c3ccc(N(CC)CC)cc3OC)c(=O)n2[C@H]1c1ccccc1OC. The second kappa shape index (κ2) is 12.6. The molecule has 0 fully saturated rings. The number of para-hydroxylation sites is 1. The molecule has 2 heterocycles. The molecule has 1 atom stereocenters. The van der Waals surface area contributed by atoms with Crippen LogP contribution in [0.5, 0.6) is 11.5 Å². The molecule has 8 nitrogen and oxygen atoms in total. The van der Waals surface area contributed by atoms with E-state index in [9.17, 15) is 9.59 Å². The van der Waals surface area contributed by atoms with Crippen molar-refractivity contribution in [1.82, 2.24) is 9.47 Å². The number of fused-ring (bicyclic) bond motifs is 1. The molecule has 0 spiro atoms. The lowest BCUT2D eigenvalue weighted by atomic mass is 9.94. The van der Waals surface area contributed by atoms with Crippen LogP contribution in [0, 0.1) is 0 Å². The molecule has 212 valence electrons. The predicted molar refractivity (Wildman–Crippen MR) is 161 cm³/mol. The van der Waals surface area contributed by atoms with E-state index in [1.54, 1.807) is 23.7 Å². The number of thiazole rings is 1. The summed E-state index contributed by atoms with van der Waals surface area (Å²) in [4.78, 5) is 37.2. The molecule has 3 aromatic rings. The number of methoxy groups -OCH3 is 2. The maximum atomic E-state index is 14.1. The molecule has 4 rings (SSSR count). The quantitative estimate of drug-likeness (QED) is 0.374. The van der Waals surface area contributed by atoms with Crippen molar-refractivity contribution in [2.45, 2.75) is 40.7 Å². The van der Waals surface area contributed by atoms with E-state index in [4.69, 9.17) is 14.5 Å². The van der Waals surface area contributed by atoms with Crippen molar-refractivity contribution in [3.05, 3.63) is 84.5 Å². The van der Waals surface area contributed by atoms with Crippen molar-refractivity contribution >= 4 is 29.0 Å². The number of likely N-dealkylation sites (N-methyl/N-ethyl adjacent to an activating group) is 1. The van der Waals surface area contributed by atoms with Gasteiger partial charge in [0.1, 0.15) is 17.5 Å². The first kappa shape index (κ1) is 29.1. The van der Waals surface area contributed by atoms with Gasteiger partial charge in [0.05, 0.1) is 30.0 Å². The monoisotopic (exact) mass is 562 g/mol. The lowest BCUT2D eigenvalue weighted by Crippen LogP contribution is -2.43. The Labute approximate surface area is 239 Å². The summed E-state index contributed by atoms with van der Waals surface area (Å²) in [6, 6.07) is 12.9. The summed E-state index contributed by atoms with van der Waals surface area (Å²) in [6.07, 6.45) is 1.85. The molecule has 9 heteroatoms. The lowest BCUT2D eigenvalue weighted by molar-refractivity contribution is -0.127. The molecular formula is C31H38N4O4S. The number of carbonyl (C=O) groups excluding carboxylic acids is 1. The van der Waals surface area contributed by atoms with Gasteiger partial charge in [-0.2, -0.15) is 0 Å². The zero-order valence-electron chi connectivity index (χ0n) is 24.4. The summed E-state index contributed by atoms with van der Waals surface area (Å²) in [5, 5.41) is 0. The second-order valence-electron chi connectivity index (χ2n) is 9.40. The number of amides is 1. The average molecular weight is 563 g/mol. The van der Waals surface area contributed by atoms with Gasteiger partial charge >= 0.3 is 0 Å². The number of hydrogen-bond acceptors (Lipinski definition) is 7. The highest BCUT2D eigenvalue weighted by Crippen LogP contribution is 2.36. The first-order valence-electron chi connectivity index (χ1n) is 13.7. The van der Waals surface area contributed by atoms with E-state index >= 15 is 0 Å². The van der Waals surface area contributed by atoms with Gasteiger partial charge in [-0.25, -0.2) is 4.99 Å². The highest BCUT2D eigenvalue weighted by atomic mass is 32.1. The maximum Gasteiger partial charge on any atom is 0.271 e. The molecule has 1 amide bonds. The van der Waals surface area contributed by atoms with Crippen LogP contribution in [0.2, 0.25) is 0 Å². The number of anilines is 1. The number of ether oxygens (including phenoxy) is 2. The van der Waals surface area contributed by atoms with Crippen LogP contribution in [0.25, 0.3) is 6.08 Å². The van der Waals surface area contributed by atoms with Crippen molar-refractivity contribution in [3.8, 4) is 11.5 Å². The predicted octanol–water partition coefficient (Wildman–Crippen LogP) is 3.97. The van der Waals surface area contributed by atoms with Gasteiger partial charge in [0.2, 0.25) is 0 Å². The smallest absolute Gasteiger partial charge is 0.271 e. The Balaban J connectivity index is 1.95. The summed E-state index contributed by atoms with van der Waals surface area (Å²) < 4.78 is 13.6. The number of hydrogen-bond donors (Lipinski definition) is 0. The third-order valence-corrected chi connectivity index (χ3v) is 8.35. The Morgan fingerprint density at radius 2 is 1.68 bits per heavy atom. The highest BCUT2D eigenvalue weighted by Gasteiger charge is 2.35. The van der Waals surface area contributed by atoms with E-state index in [0.29, 0.717) is 45.2 Å². The topological polar surface area (TPSA) is 76.4 Å². The van der Waals surface area contributed by atoms with Gasteiger partial charge < -0.3 is 19.3 Å². The number of aromatic nitrogens is 1. The fraction of sp³-hybridized carbons (Fsp3) is 0.387. The molecular weight excluding hydrogens is 524 g/mol. The normalized spacial score (nSPS) is 15.0. The lowest BCUT2D eigenvalue weighted by Gasteiger charge is -2.29. The minimum absolute atomic E-state index is 0.134. The van der Waals surface area contributed by atoms with Crippen LogP contribution >= 0.6 is 11.3 Å². The van der Waals surface area contributed by atoms with Crippen LogP contribution in [0.3, 0.4) is 0 Å². The number of benzene rings is 2. The number of carbonyl (C=O) groups is 1. The van der Waals surface area contributed by atoms with Gasteiger partial charge in [-0.3, -0.25) is 14.2 Å². The van der Waals surface area contributed by atoms with Gasteiger partial charge in [0.25, 0.3) is 11.5 Å². The minimum atomic E-state index is -0.672. The van der Waals surface area contributed by atoms with Gasteiger partial charge in [-0.05, 0) is 58.9 Å². The highest BCUT2D eigenvalue weighted by molar-refractivity contribution is 7.07. The van der Waals surface area contributed by atoms with Gasteiger partial charge in [-0.1, -0.05) is 29.5 Å². The van der Waals surface area contributed by atoms with Crippen LogP contribution in [0.1, 0.15) is 51.8 Å². The van der Waals surface area contributed by atoms with E-state index in [1.807, 2.05) is 69.3 Å². The third-order valence-electron chi connectivity index (χ3n) is 7.37.